The van der Waals surface area contributed by atoms with Crippen LogP contribution in [0.4, 0.5) is 8.78 Å². The van der Waals surface area contributed by atoms with Gasteiger partial charge in [0.2, 0.25) is 5.43 Å². The van der Waals surface area contributed by atoms with E-state index in [1.165, 1.54) is 6.20 Å². The Morgan fingerprint density at radius 1 is 1.43 bits per heavy atom. The van der Waals surface area contributed by atoms with Gasteiger partial charge in [-0.2, -0.15) is 0 Å². The van der Waals surface area contributed by atoms with Crippen LogP contribution in [0.15, 0.2) is 22.0 Å². The van der Waals surface area contributed by atoms with Crippen LogP contribution in [-0.2, 0) is 0 Å². The molecule has 0 spiro atoms. The van der Waals surface area contributed by atoms with Crippen molar-refractivity contribution in [3.8, 4) is 0 Å². The molecule has 21 heavy (non-hydrogen) atoms. The van der Waals surface area contributed by atoms with Crippen molar-refractivity contribution in [2.75, 3.05) is 6.26 Å². The lowest BCUT2D eigenvalue weighted by Crippen LogP contribution is -2.19. The Balaban J connectivity index is 2.52. The molecule has 0 amide bonds. The molecular weight excluding hydrogens is 300 g/mol. The minimum Gasteiger partial charge on any atom is -0.477 e. The fourth-order valence-electron chi connectivity index (χ4n) is 2.41. The fraction of sp³-hybridized carbons (Fsp3) is 0.286. The Bertz CT molecular complexity index is 827. The Morgan fingerprint density at radius 2 is 2.10 bits per heavy atom. The second-order valence-corrected chi connectivity index (χ2v) is 5.73. The summed E-state index contributed by atoms with van der Waals surface area (Å²) in [6.07, 6.45) is 4.47. The summed E-state index contributed by atoms with van der Waals surface area (Å²) >= 11 is 0.999. The van der Waals surface area contributed by atoms with Crippen molar-refractivity contribution in [2.45, 2.75) is 23.8 Å². The molecule has 0 atom stereocenters. The molecule has 0 bridgehead atoms. The highest BCUT2D eigenvalue weighted by Gasteiger charge is 2.29. The van der Waals surface area contributed by atoms with Crippen molar-refractivity contribution in [2.24, 2.45) is 0 Å². The molecule has 0 unspecified atom stereocenters. The molecule has 110 valence electrons. The van der Waals surface area contributed by atoms with Crippen LogP contribution < -0.4 is 5.43 Å². The molecule has 1 aromatic carbocycles. The van der Waals surface area contributed by atoms with Gasteiger partial charge in [-0.1, -0.05) is 0 Å². The topological polar surface area (TPSA) is 59.3 Å². The average Bonchev–Trinajstić information content (AvgIpc) is 3.26. The molecule has 0 radical (unpaired) electrons. The van der Waals surface area contributed by atoms with Gasteiger partial charge in [0.1, 0.15) is 5.56 Å². The highest BCUT2D eigenvalue weighted by atomic mass is 32.2. The van der Waals surface area contributed by atoms with Crippen LogP contribution in [0.2, 0.25) is 0 Å². The lowest BCUT2D eigenvalue weighted by Gasteiger charge is -2.15. The summed E-state index contributed by atoms with van der Waals surface area (Å²) in [7, 11) is 0. The minimum atomic E-state index is -1.37. The van der Waals surface area contributed by atoms with Crippen molar-refractivity contribution >= 4 is 28.6 Å². The summed E-state index contributed by atoms with van der Waals surface area (Å²) in [4.78, 5) is 23.4. The van der Waals surface area contributed by atoms with Gasteiger partial charge in [-0.3, -0.25) is 4.79 Å². The van der Waals surface area contributed by atoms with Crippen LogP contribution in [-0.4, -0.2) is 21.9 Å². The van der Waals surface area contributed by atoms with E-state index in [1.54, 1.807) is 10.8 Å². The Kier molecular flexibility index (Phi) is 3.24. The predicted molar refractivity (Wildman–Crippen MR) is 75.1 cm³/mol. The van der Waals surface area contributed by atoms with Crippen LogP contribution in [0.3, 0.4) is 0 Å². The van der Waals surface area contributed by atoms with Gasteiger partial charge in [-0.25, -0.2) is 13.6 Å². The van der Waals surface area contributed by atoms with Gasteiger partial charge in [-0.05, 0) is 25.2 Å². The van der Waals surface area contributed by atoms with Gasteiger partial charge in [-0.15, -0.1) is 11.8 Å². The Hall–Kier alpha value is -1.89. The Labute approximate surface area is 122 Å². The number of nitrogens with zero attached hydrogens (tertiary/aromatic N) is 1. The van der Waals surface area contributed by atoms with Gasteiger partial charge in [0.15, 0.2) is 11.6 Å². The highest BCUT2D eigenvalue weighted by Crippen LogP contribution is 2.40. The number of hydrogen-bond donors (Lipinski definition) is 1. The van der Waals surface area contributed by atoms with E-state index in [9.17, 15) is 18.4 Å². The van der Waals surface area contributed by atoms with Crippen molar-refractivity contribution in [3.63, 3.8) is 0 Å². The first-order valence-corrected chi connectivity index (χ1v) is 7.52. The number of pyridine rings is 1. The third kappa shape index (κ3) is 2.12. The number of benzene rings is 1. The molecule has 0 aliphatic heterocycles. The zero-order valence-electron chi connectivity index (χ0n) is 11.0. The fourth-order valence-corrected chi connectivity index (χ4v) is 3.09. The molecule has 0 saturated heterocycles. The van der Waals surface area contributed by atoms with Crippen molar-refractivity contribution < 1.29 is 18.7 Å². The number of aromatic carboxylic acids is 1. The summed E-state index contributed by atoms with van der Waals surface area (Å²) in [5.74, 6) is -3.52. The molecule has 1 aromatic heterocycles. The summed E-state index contributed by atoms with van der Waals surface area (Å²) in [6.45, 7) is 0. The maximum absolute atomic E-state index is 14.0. The quantitative estimate of drug-likeness (QED) is 0.885. The van der Waals surface area contributed by atoms with E-state index in [0.29, 0.717) is 0 Å². The maximum Gasteiger partial charge on any atom is 0.341 e. The van der Waals surface area contributed by atoms with Crippen LogP contribution in [0, 0.1) is 11.6 Å². The zero-order chi connectivity index (χ0) is 15.3. The minimum absolute atomic E-state index is 0.0296. The van der Waals surface area contributed by atoms with Crippen molar-refractivity contribution in [1.29, 1.82) is 0 Å². The largest absolute Gasteiger partial charge is 0.477 e. The molecule has 1 aliphatic rings. The molecule has 4 nitrogen and oxygen atoms in total. The summed E-state index contributed by atoms with van der Waals surface area (Å²) in [5, 5.41) is 9.02. The van der Waals surface area contributed by atoms with Gasteiger partial charge >= 0.3 is 5.97 Å². The normalized spacial score (nSPS) is 14.6. The molecule has 1 fully saturated rings. The number of thioether (sulfide) groups is 1. The van der Waals surface area contributed by atoms with Crippen LogP contribution in [0.5, 0.6) is 0 Å². The van der Waals surface area contributed by atoms with E-state index in [4.69, 9.17) is 5.11 Å². The molecule has 7 heteroatoms. The number of aromatic nitrogens is 1. The molecule has 1 heterocycles. The SMILES string of the molecule is CSc1c(F)c(F)cc2c(=O)c(C(=O)O)cn(C3CC3)c12. The second kappa shape index (κ2) is 4.84. The molecule has 2 aromatic rings. The average molecular weight is 311 g/mol. The van der Waals surface area contributed by atoms with E-state index >= 15 is 0 Å². The summed E-state index contributed by atoms with van der Waals surface area (Å²) < 4.78 is 29.2. The van der Waals surface area contributed by atoms with Crippen LogP contribution >= 0.6 is 11.8 Å². The van der Waals surface area contributed by atoms with Crippen LogP contribution in [0.1, 0.15) is 29.2 Å². The smallest absolute Gasteiger partial charge is 0.341 e. The van der Waals surface area contributed by atoms with E-state index < -0.39 is 28.6 Å². The van der Waals surface area contributed by atoms with Gasteiger partial charge in [0, 0.05) is 12.2 Å². The standard InChI is InChI=1S/C14H11F2NO3S/c1-21-13-10(16)9(15)4-7-11(13)17(6-2-3-6)5-8(12(7)18)14(19)20/h4-6H,2-3H2,1H3,(H,19,20). The summed E-state index contributed by atoms with van der Waals surface area (Å²) in [6, 6.07) is 0.819. The lowest BCUT2D eigenvalue weighted by atomic mass is 10.1. The number of hydrogen-bond acceptors (Lipinski definition) is 3. The van der Waals surface area contributed by atoms with Crippen LogP contribution in [0.25, 0.3) is 10.9 Å². The molecule has 1 aliphatic carbocycles. The van der Waals surface area contributed by atoms with Gasteiger partial charge in [0.25, 0.3) is 0 Å². The third-order valence-corrected chi connectivity index (χ3v) is 4.32. The number of carboxylic acid groups (broad SMARTS) is 1. The maximum atomic E-state index is 14.0. The number of rotatable bonds is 3. The van der Waals surface area contributed by atoms with E-state index in [1.807, 2.05) is 0 Å². The number of halogens is 2. The third-order valence-electron chi connectivity index (χ3n) is 3.54. The first-order valence-electron chi connectivity index (χ1n) is 6.29. The predicted octanol–water partition coefficient (Wildman–Crippen LogP) is 3.03. The van der Waals surface area contributed by atoms with E-state index in [0.717, 1.165) is 30.7 Å². The first-order chi connectivity index (χ1) is 9.95. The number of fused-ring (bicyclic) bond motifs is 1. The Morgan fingerprint density at radius 3 is 2.62 bits per heavy atom. The van der Waals surface area contributed by atoms with E-state index in [2.05, 4.69) is 0 Å². The highest BCUT2D eigenvalue weighted by molar-refractivity contribution is 7.98. The van der Waals surface area contributed by atoms with Gasteiger partial charge < -0.3 is 9.67 Å². The molecule has 1 saturated carbocycles. The molecule has 3 rings (SSSR count). The second-order valence-electron chi connectivity index (χ2n) is 4.92. The summed E-state index contributed by atoms with van der Waals surface area (Å²) in [5.41, 5.74) is -0.935. The monoisotopic (exact) mass is 311 g/mol. The first kappa shape index (κ1) is 14.1. The molecule has 1 N–H and O–H groups in total. The zero-order valence-corrected chi connectivity index (χ0v) is 11.8. The van der Waals surface area contributed by atoms with Gasteiger partial charge in [0.05, 0.1) is 15.8 Å². The number of carbonyl (C=O) groups is 1. The lowest BCUT2D eigenvalue weighted by molar-refractivity contribution is 0.0695. The molecular formula is C14H11F2NO3S. The van der Waals surface area contributed by atoms with Crippen molar-refractivity contribution in [3.05, 3.63) is 39.7 Å². The number of carboxylic acids is 1. The van der Waals surface area contributed by atoms with Crippen molar-refractivity contribution in [1.82, 2.24) is 4.57 Å². The van der Waals surface area contributed by atoms with E-state index in [-0.39, 0.29) is 21.8 Å².